The zero-order chi connectivity index (χ0) is 19.0. The highest BCUT2D eigenvalue weighted by molar-refractivity contribution is 5.97. The molecule has 4 rings (SSSR count). The molecular weight excluding hydrogens is 351 g/mol. The van der Waals surface area contributed by atoms with Crippen molar-refractivity contribution in [3.63, 3.8) is 0 Å². The van der Waals surface area contributed by atoms with E-state index in [4.69, 9.17) is 4.74 Å². The number of anilines is 2. The van der Waals surface area contributed by atoms with Gasteiger partial charge in [-0.2, -0.15) is 0 Å². The molecule has 1 aromatic heterocycles. The molecule has 27 heavy (non-hydrogen) atoms. The summed E-state index contributed by atoms with van der Waals surface area (Å²) in [6.07, 6.45) is 0.632. The molecule has 1 saturated heterocycles. The maximum Gasteiger partial charge on any atom is 0.252 e. The average molecular weight is 372 g/mol. The standard InChI is InChI=1S/C19H21FN4O3/c1-12-8-13-2-3-14(20)9-15(13)24(12)19(26)10-16-21-17(11-18(25)22-16)23-4-6-27-7-5-23/h2-3,9,11-12H,4-8,10H2,1H3,(H,21,22,25)/t12-/m1/s1. The molecule has 0 aliphatic carbocycles. The van der Waals surface area contributed by atoms with Crippen LogP contribution in [0.25, 0.3) is 0 Å². The number of fused-ring (bicyclic) bond motifs is 1. The third kappa shape index (κ3) is 3.57. The van der Waals surface area contributed by atoms with Gasteiger partial charge in [0.2, 0.25) is 5.91 Å². The lowest BCUT2D eigenvalue weighted by Crippen LogP contribution is -2.39. The molecule has 2 aliphatic heterocycles. The summed E-state index contributed by atoms with van der Waals surface area (Å²) < 4.78 is 19.0. The van der Waals surface area contributed by atoms with Gasteiger partial charge >= 0.3 is 0 Å². The van der Waals surface area contributed by atoms with Crippen LogP contribution in [0.5, 0.6) is 0 Å². The summed E-state index contributed by atoms with van der Waals surface area (Å²) in [5.74, 6) is 0.271. The van der Waals surface area contributed by atoms with Crippen molar-refractivity contribution in [2.24, 2.45) is 0 Å². The van der Waals surface area contributed by atoms with Gasteiger partial charge in [0.05, 0.1) is 25.3 Å². The topological polar surface area (TPSA) is 78.5 Å². The quantitative estimate of drug-likeness (QED) is 0.878. The molecule has 142 valence electrons. The van der Waals surface area contributed by atoms with E-state index in [1.165, 1.54) is 18.2 Å². The van der Waals surface area contributed by atoms with Crippen molar-refractivity contribution >= 4 is 17.4 Å². The Morgan fingerprint density at radius 2 is 2.11 bits per heavy atom. The predicted octanol–water partition coefficient (Wildman–Crippen LogP) is 1.27. The van der Waals surface area contributed by atoms with E-state index in [0.29, 0.717) is 50.1 Å². The van der Waals surface area contributed by atoms with E-state index < -0.39 is 0 Å². The molecule has 2 aromatic rings. The second-order valence-corrected chi connectivity index (χ2v) is 6.92. The molecular formula is C19H21FN4O3. The molecule has 3 heterocycles. The number of aromatic nitrogens is 2. The summed E-state index contributed by atoms with van der Waals surface area (Å²) in [6, 6.07) is 5.88. The third-order valence-electron chi connectivity index (χ3n) is 4.96. The van der Waals surface area contributed by atoms with E-state index in [9.17, 15) is 14.0 Å². The third-order valence-corrected chi connectivity index (χ3v) is 4.96. The van der Waals surface area contributed by atoms with Crippen molar-refractivity contribution in [1.29, 1.82) is 0 Å². The zero-order valence-electron chi connectivity index (χ0n) is 15.1. The largest absolute Gasteiger partial charge is 0.378 e. The number of nitrogens with zero attached hydrogens (tertiary/aromatic N) is 3. The Hall–Kier alpha value is -2.74. The first-order chi connectivity index (χ1) is 13.0. The minimum atomic E-state index is -0.374. The Bertz CT molecular complexity index is 923. The normalized spacial score (nSPS) is 19.3. The van der Waals surface area contributed by atoms with Crippen molar-refractivity contribution in [1.82, 2.24) is 9.97 Å². The molecule has 7 nitrogen and oxygen atoms in total. The zero-order valence-corrected chi connectivity index (χ0v) is 15.1. The minimum absolute atomic E-state index is 0.0479. The second-order valence-electron chi connectivity index (χ2n) is 6.92. The SMILES string of the molecule is C[C@@H]1Cc2ccc(F)cc2N1C(=O)Cc1nc(N2CCOCC2)cc(=O)[nH]1. The fraction of sp³-hybridized carbons (Fsp3) is 0.421. The monoisotopic (exact) mass is 372 g/mol. The van der Waals surface area contributed by atoms with E-state index in [2.05, 4.69) is 9.97 Å². The van der Waals surface area contributed by atoms with Gasteiger partial charge in [-0.1, -0.05) is 6.07 Å². The van der Waals surface area contributed by atoms with E-state index >= 15 is 0 Å². The Kier molecular flexibility index (Phi) is 4.65. The van der Waals surface area contributed by atoms with Gasteiger partial charge in [-0.05, 0) is 31.0 Å². The van der Waals surface area contributed by atoms with Gasteiger partial charge in [0, 0.05) is 25.2 Å². The first-order valence-electron chi connectivity index (χ1n) is 9.04. The van der Waals surface area contributed by atoms with E-state index in [1.54, 1.807) is 11.0 Å². The summed E-state index contributed by atoms with van der Waals surface area (Å²) in [4.78, 5) is 35.6. The van der Waals surface area contributed by atoms with Crippen LogP contribution in [0.4, 0.5) is 15.9 Å². The lowest BCUT2D eigenvalue weighted by molar-refractivity contribution is -0.118. The summed E-state index contributed by atoms with van der Waals surface area (Å²) >= 11 is 0. The van der Waals surface area contributed by atoms with Gasteiger partial charge in [-0.15, -0.1) is 0 Å². The smallest absolute Gasteiger partial charge is 0.252 e. The molecule has 2 aliphatic rings. The van der Waals surface area contributed by atoms with Gasteiger partial charge < -0.3 is 19.5 Å². The van der Waals surface area contributed by atoms with Crippen LogP contribution in [-0.2, 0) is 22.4 Å². The highest BCUT2D eigenvalue weighted by atomic mass is 19.1. The maximum atomic E-state index is 13.7. The molecule has 0 spiro atoms. The van der Waals surface area contributed by atoms with Crippen LogP contribution >= 0.6 is 0 Å². The molecule has 0 unspecified atom stereocenters. The van der Waals surface area contributed by atoms with Crippen LogP contribution in [0.3, 0.4) is 0 Å². The molecule has 1 amide bonds. The highest BCUT2D eigenvalue weighted by Gasteiger charge is 2.31. The lowest BCUT2D eigenvalue weighted by atomic mass is 10.1. The van der Waals surface area contributed by atoms with Gasteiger partial charge in [0.25, 0.3) is 5.56 Å². The van der Waals surface area contributed by atoms with Crippen molar-refractivity contribution < 1.29 is 13.9 Å². The molecule has 1 aromatic carbocycles. The molecule has 1 N–H and O–H groups in total. The number of nitrogens with one attached hydrogen (secondary N) is 1. The number of ether oxygens (including phenoxy) is 1. The molecule has 1 fully saturated rings. The number of rotatable bonds is 3. The highest BCUT2D eigenvalue weighted by Crippen LogP contribution is 2.33. The van der Waals surface area contributed by atoms with Crippen LogP contribution in [-0.4, -0.2) is 48.2 Å². The van der Waals surface area contributed by atoms with Crippen LogP contribution in [0.15, 0.2) is 29.1 Å². The Labute approximate surface area is 155 Å². The van der Waals surface area contributed by atoms with E-state index in [0.717, 1.165) is 5.56 Å². The Balaban J connectivity index is 1.57. The number of aromatic amines is 1. The number of carbonyl (C=O) groups excluding carboxylic acids is 1. The summed E-state index contributed by atoms with van der Waals surface area (Å²) in [5.41, 5.74) is 1.25. The van der Waals surface area contributed by atoms with Gasteiger partial charge in [-0.3, -0.25) is 9.59 Å². The molecule has 1 atom stereocenters. The van der Waals surface area contributed by atoms with Crippen LogP contribution in [0.2, 0.25) is 0 Å². The molecule has 0 bridgehead atoms. The van der Waals surface area contributed by atoms with Crippen molar-refractivity contribution in [3.8, 4) is 0 Å². The fourth-order valence-corrected chi connectivity index (χ4v) is 3.72. The summed E-state index contributed by atoms with van der Waals surface area (Å²) in [6.45, 7) is 4.39. The summed E-state index contributed by atoms with van der Waals surface area (Å²) in [7, 11) is 0. The molecule has 0 saturated carbocycles. The van der Waals surface area contributed by atoms with Crippen LogP contribution in [0, 0.1) is 5.82 Å². The number of amides is 1. The van der Waals surface area contributed by atoms with Gasteiger partial charge in [0.15, 0.2) is 0 Å². The number of morpholine rings is 1. The predicted molar refractivity (Wildman–Crippen MR) is 98.6 cm³/mol. The van der Waals surface area contributed by atoms with Crippen molar-refractivity contribution in [2.75, 3.05) is 36.1 Å². The number of carbonyl (C=O) groups is 1. The Morgan fingerprint density at radius 3 is 2.89 bits per heavy atom. The maximum absolute atomic E-state index is 13.7. The van der Waals surface area contributed by atoms with Crippen molar-refractivity contribution in [3.05, 3.63) is 51.8 Å². The van der Waals surface area contributed by atoms with E-state index in [-0.39, 0.29) is 29.7 Å². The number of hydrogen-bond acceptors (Lipinski definition) is 5. The van der Waals surface area contributed by atoms with Gasteiger partial charge in [0.1, 0.15) is 17.5 Å². The lowest BCUT2D eigenvalue weighted by Gasteiger charge is -2.28. The van der Waals surface area contributed by atoms with Crippen LogP contribution < -0.4 is 15.4 Å². The van der Waals surface area contributed by atoms with Crippen LogP contribution in [0.1, 0.15) is 18.3 Å². The van der Waals surface area contributed by atoms with Gasteiger partial charge in [-0.25, -0.2) is 9.37 Å². The van der Waals surface area contributed by atoms with Crippen molar-refractivity contribution in [2.45, 2.75) is 25.8 Å². The number of benzene rings is 1. The fourth-order valence-electron chi connectivity index (χ4n) is 3.72. The number of H-pyrrole nitrogens is 1. The average Bonchev–Trinajstić information content (AvgIpc) is 2.97. The first kappa shape index (κ1) is 17.7. The molecule has 0 radical (unpaired) electrons. The first-order valence-corrected chi connectivity index (χ1v) is 9.04. The molecule has 8 heteroatoms. The number of halogens is 1. The number of hydrogen-bond donors (Lipinski definition) is 1. The second kappa shape index (κ2) is 7.11. The van der Waals surface area contributed by atoms with E-state index in [1.807, 2.05) is 11.8 Å². The summed E-state index contributed by atoms with van der Waals surface area (Å²) in [5, 5.41) is 0. The Morgan fingerprint density at radius 1 is 1.33 bits per heavy atom. The minimum Gasteiger partial charge on any atom is -0.378 e.